The third-order valence-corrected chi connectivity index (χ3v) is 5.15. The van der Waals surface area contributed by atoms with E-state index in [2.05, 4.69) is 26.6 Å². The molecule has 0 bridgehead atoms. The molecule has 31 heavy (non-hydrogen) atoms. The van der Waals surface area contributed by atoms with E-state index in [0.717, 1.165) is 28.3 Å². The molecule has 0 atom stereocenters. The zero-order valence-electron chi connectivity index (χ0n) is 17.7. The number of carbonyl (C=O) groups excluding carboxylic acids is 1. The summed E-state index contributed by atoms with van der Waals surface area (Å²) >= 11 is 3.53. The second-order valence-electron chi connectivity index (χ2n) is 6.89. The number of ether oxygens (including phenoxy) is 3. The Morgan fingerprint density at radius 3 is 2.26 bits per heavy atom. The summed E-state index contributed by atoms with van der Waals surface area (Å²) in [6.45, 7) is 2.45. The Labute approximate surface area is 190 Å². The van der Waals surface area contributed by atoms with Gasteiger partial charge in [0.2, 0.25) is 0 Å². The SMILES string of the molecule is COc1ccc(NCc2cc(Br)c(OCC(=O)Nc3ccc(C)cc3)c(OC)c2)cc1. The Bertz CT molecular complexity index is 1020. The molecular weight excluding hydrogens is 460 g/mol. The molecule has 1 amide bonds. The van der Waals surface area contributed by atoms with Crippen molar-refractivity contribution >= 4 is 33.2 Å². The van der Waals surface area contributed by atoms with Crippen LogP contribution in [0.4, 0.5) is 11.4 Å². The molecule has 3 aromatic rings. The molecule has 0 spiro atoms. The Morgan fingerprint density at radius 2 is 1.61 bits per heavy atom. The van der Waals surface area contributed by atoms with E-state index in [1.807, 2.05) is 67.6 Å². The van der Waals surface area contributed by atoms with Crippen LogP contribution in [0.15, 0.2) is 65.1 Å². The van der Waals surface area contributed by atoms with Gasteiger partial charge in [0, 0.05) is 17.9 Å². The van der Waals surface area contributed by atoms with E-state index in [4.69, 9.17) is 14.2 Å². The van der Waals surface area contributed by atoms with Crippen molar-refractivity contribution in [1.29, 1.82) is 0 Å². The fourth-order valence-electron chi connectivity index (χ4n) is 2.90. The Balaban J connectivity index is 1.61. The molecule has 0 saturated carbocycles. The lowest BCUT2D eigenvalue weighted by Gasteiger charge is -2.15. The van der Waals surface area contributed by atoms with Crippen LogP contribution < -0.4 is 24.8 Å². The quantitative estimate of drug-likeness (QED) is 0.425. The number of anilines is 2. The molecule has 7 heteroatoms. The van der Waals surface area contributed by atoms with Crippen LogP contribution in [0.2, 0.25) is 0 Å². The number of aryl methyl sites for hydroxylation is 1. The highest BCUT2D eigenvalue weighted by Gasteiger charge is 2.14. The predicted octanol–water partition coefficient (Wildman–Crippen LogP) is 5.40. The van der Waals surface area contributed by atoms with E-state index in [0.29, 0.717) is 22.5 Å². The first-order valence-electron chi connectivity index (χ1n) is 9.72. The van der Waals surface area contributed by atoms with Gasteiger partial charge in [-0.25, -0.2) is 0 Å². The minimum absolute atomic E-state index is 0.133. The maximum atomic E-state index is 12.2. The van der Waals surface area contributed by atoms with Crippen LogP contribution in [-0.4, -0.2) is 26.7 Å². The third kappa shape index (κ3) is 6.39. The molecule has 0 heterocycles. The number of benzene rings is 3. The van der Waals surface area contributed by atoms with E-state index in [1.54, 1.807) is 14.2 Å². The number of carbonyl (C=O) groups is 1. The van der Waals surface area contributed by atoms with Crippen molar-refractivity contribution in [3.63, 3.8) is 0 Å². The summed E-state index contributed by atoms with van der Waals surface area (Å²) < 4.78 is 17.1. The number of hydrogen-bond acceptors (Lipinski definition) is 5. The third-order valence-electron chi connectivity index (χ3n) is 4.56. The molecule has 3 rings (SSSR count). The smallest absolute Gasteiger partial charge is 0.262 e. The van der Waals surface area contributed by atoms with Crippen molar-refractivity contribution in [3.05, 3.63) is 76.3 Å². The predicted molar refractivity (Wildman–Crippen MR) is 126 cm³/mol. The molecule has 0 unspecified atom stereocenters. The normalized spacial score (nSPS) is 10.3. The first-order chi connectivity index (χ1) is 15.0. The van der Waals surface area contributed by atoms with Gasteiger partial charge >= 0.3 is 0 Å². The molecule has 162 valence electrons. The van der Waals surface area contributed by atoms with Gasteiger partial charge in [-0.2, -0.15) is 0 Å². The lowest BCUT2D eigenvalue weighted by molar-refractivity contribution is -0.118. The van der Waals surface area contributed by atoms with Crippen LogP contribution in [0.3, 0.4) is 0 Å². The molecule has 0 aliphatic carbocycles. The van der Waals surface area contributed by atoms with Gasteiger partial charge in [-0.1, -0.05) is 17.7 Å². The number of hydrogen-bond donors (Lipinski definition) is 2. The highest BCUT2D eigenvalue weighted by atomic mass is 79.9. The van der Waals surface area contributed by atoms with Gasteiger partial charge < -0.3 is 24.8 Å². The molecular formula is C24H25BrN2O4. The summed E-state index contributed by atoms with van der Waals surface area (Å²) in [4.78, 5) is 12.2. The van der Waals surface area contributed by atoms with E-state index in [-0.39, 0.29) is 12.5 Å². The number of methoxy groups -OCH3 is 2. The summed E-state index contributed by atoms with van der Waals surface area (Å²) in [5, 5.41) is 6.17. The van der Waals surface area contributed by atoms with Crippen molar-refractivity contribution in [3.8, 4) is 17.2 Å². The Morgan fingerprint density at radius 1 is 0.935 bits per heavy atom. The van der Waals surface area contributed by atoms with Gasteiger partial charge in [0.1, 0.15) is 5.75 Å². The minimum Gasteiger partial charge on any atom is -0.497 e. The van der Waals surface area contributed by atoms with E-state index in [1.165, 1.54) is 0 Å². The van der Waals surface area contributed by atoms with Gasteiger partial charge in [0.25, 0.3) is 5.91 Å². The average Bonchev–Trinajstić information content (AvgIpc) is 2.78. The first kappa shape index (κ1) is 22.5. The molecule has 0 aliphatic heterocycles. The fourth-order valence-corrected chi connectivity index (χ4v) is 3.50. The van der Waals surface area contributed by atoms with Crippen molar-refractivity contribution in [2.45, 2.75) is 13.5 Å². The van der Waals surface area contributed by atoms with Gasteiger partial charge in [-0.05, 0) is 76.9 Å². The summed E-state index contributed by atoms with van der Waals surface area (Å²) in [5.74, 6) is 1.59. The second-order valence-corrected chi connectivity index (χ2v) is 7.75. The fraction of sp³-hybridized carbons (Fsp3) is 0.208. The molecule has 0 saturated heterocycles. The van der Waals surface area contributed by atoms with E-state index >= 15 is 0 Å². The van der Waals surface area contributed by atoms with Crippen LogP contribution in [0.25, 0.3) is 0 Å². The number of halogens is 1. The minimum atomic E-state index is -0.247. The highest BCUT2D eigenvalue weighted by Crippen LogP contribution is 2.37. The van der Waals surface area contributed by atoms with Gasteiger partial charge in [-0.3, -0.25) is 4.79 Å². The first-order valence-corrected chi connectivity index (χ1v) is 10.5. The monoisotopic (exact) mass is 484 g/mol. The summed E-state index contributed by atoms with van der Waals surface area (Å²) in [6, 6.07) is 19.1. The second kappa shape index (κ2) is 10.7. The largest absolute Gasteiger partial charge is 0.497 e. The number of amides is 1. The molecule has 0 radical (unpaired) electrons. The molecule has 0 aliphatic rings. The van der Waals surface area contributed by atoms with E-state index < -0.39 is 0 Å². The maximum absolute atomic E-state index is 12.2. The molecule has 0 aromatic heterocycles. The highest BCUT2D eigenvalue weighted by molar-refractivity contribution is 9.10. The maximum Gasteiger partial charge on any atom is 0.262 e. The standard InChI is InChI=1S/C24H25BrN2O4/c1-16-4-6-19(7-5-16)27-23(28)15-31-24-21(25)12-17(13-22(24)30-3)14-26-18-8-10-20(29-2)11-9-18/h4-13,26H,14-15H2,1-3H3,(H,27,28). The zero-order valence-corrected chi connectivity index (χ0v) is 19.3. The zero-order chi connectivity index (χ0) is 22.2. The van der Waals surface area contributed by atoms with Crippen molar-refractivity contribution in [2.75, 3.05) is 31.5 Å². The topological polar surface area (TPSA) is 68.8 Å². The van der Waals surface area contributed by atoms with Crippen molar-refractivity contribution in [1.82, 2.24) is 0 Å². The van der Waals surface area contributed by atoms with Gasteiger partial charge in [0.05, 0.1) is 18.7 Å². The van der Waals surface area contributed by atoms with E-state index in [9.17, 15) is 4.79 Å². The molecule has 3 aromatic carbocycles. The molecule has 6 nitrogen and oxygen atoms in total. The van der Waals surface area contributed by atoms with Crippen molar-refractivity contribution in [2.24, 2.45) is 0 Å². The summed E-state index contributed by atoms with van der Waals surface area (Å²) in [5.41, 5.74) is 3.83. The molecule has 0 fully saturated rings. The lowest BCUT2D eigenvalue weighted by atomic mass is 10.2. The van der Waals surface area contributed by atoms with Crippen LogP contribution >= 0.6 is 15.9 Å². The van der Waals surface area contributed by atoms with Crippen LogP contribution in [0.5, 0.6) is 17.2 Å². The summed E-state index contributed by atoms with van der Waals surface area (Å²) in [7, 11) is 3.21. The Kier molecular flexibility index (Phi) is 7.78. The van der Waals surface area contributed by atoms with Crippen molar-refractivity contribution < 1.29 is 19.0 Å². The van der Waals surface area contributed by atoms with Crippen LogP contribution in [-0.2, 0) is 11.3 Å². The van der Waals surface area contributed by atoms with Gasteiger partial charge in [0.15, 0.2) is 18.1 Å². The number of nitrogens with one attached hydrogen (secondary N) is 2. The summed E-state index contributed by atoms with van der Waals surface area (Å²) in [6.07, 6.45) is 0. The number of rotatable bonds is 9. The average molecular weight is 485 g/mol. The Hall–Kier alpha value is -3.19. The van der Waals surface area contributed by atoms with Crippen LogP contribution in [0.1, 0.15) is 11.1 Å². The molecule has 2 N–H and O–H groups in total. The van der Waals surface area contributed by atoms with Crippen LogP contribution in [0, 0.1) is 6.92 Å². The van der Waals surface area contributed by atoms with Gasteiger partial charge in [-0.15, -0.1) is 0 Å². The lowest BCUT2D eigenvalue weighted by Crippen LogP contribution is -2.20.